The molecule has 1 aromatic heterocycles. The van der Waals surface area contributed by atoms with Gasteiger partial charge in [-0.25, -0.2) is 4.99 Å². The Labute approximate surface area is 185 Å². The highest BCUT2D eigenvalue weighted by atomic mass is 127. The van der Waals surface area contributed by atoms with Gasteiger partial charge in [-0.2, -0.15) is 5.26 Å². The number of fused-ring (bicyclic) bond motifs is 1. The summed E-state index contributed by atoms with van der Waals surface area (Å²) in [5.41, 5.74) is 3.17. The molecule has 0 unspecified atom stereocenters. The highest BCUT2D eigenvalue weighted by Crippen LogP contribution is 2.44. The minimum atomic E-state index is 0.289. The Kier molecular flexibility index (Phi) is 5.99. The molecular weight excluding hydrogens is 570 g/mol. The third kappa shape index (κ3) is 4.09. The molecular formula is C20H20I2N2OS. The topological polar surface area (TPSA) is 56.4 Å². The zero-order valence-corrected chi connectivity index (χ0v) is 20.1. The lowest BCUT2D eigenvalue weighted by Crippen LogP contribution is -2.26. The summed E-state index contributed by atoms with van der Waals surface area (Å²) in [5.74, 6) is 0.957. The average molecular weight is 590 g/mol. The molecule has 0 radical (unpaired) electrons. The summed E-state index contributed by atoms with van der Waals surface area (Å²) in [4.78, 5) is 5.96. The van der Waals surface area contributed by atoms with E-state index in [4.69, 9.17) is 0 Å². The maximum absolute atomic E-state index is 9.90. The van der Waals surface area contributed by atoms with Gasteiger partial charge in [0.1, 0.15) is 16.8 Å². The lowest BCUT2D eigenvalue weighted by Gasteiger charge is -2.33. The first-order chi connectivity index (χ1) is 12.2. The van der Waals surface area contributed by atoms with E-state index in [1.807, 2.05) is 12.1 Å². The van der Waals surface area contributed by atoms with Crippen LogP contribution in [0.4, 0.5) is 5.00 Å². The van der Waals surface area contributed by atoms with E-state index < -0.39 is 0 Å². The summed E-state index contributed by atoms with van der Waals surface area (Å²) in [6.45, 7) is 6.90. The standard InChI is InChI=1S/C20H20I2N2OS/c1-20(2,3)12-4-5-13-14(9-23)19(26-17(13)8-12)24-10-11-6-15(21)18(25)16(22)7-11/h6-7,10,12,25H,4-5,8H2,1-3H3/t12-/m0/s1. The Morgan fingerprint density at radius 2 is 1.96 bits per heavy atom. The molecule has 0 fully saturated rings. The van der Waals surface area contributed by atoms with Gasteiger partial charge in [0.05, 0.1) is 12.7 Å². The Balaban J connectivity index is 1.93. The zero-order chi connectivity index (χ0) is 19.1. The molecule has 6 heteroatoms. The van der Waals surface area contributed by atoms with Crippen molar-refractivity contribution in [1.29, 1.82) is 5.26 Å². The number of rotatable bonds is 2. The predicted molar refractivity (Wildman–Crippen MR) is 125 cm³/mol. The van der Waals surface area contributed by atoms with Crippen LogP contribution in [0.25, 0.3) is 0 Å². The smallest absolute Gasteiger partial charge is 0.142 e. The number of nitrogens with zero attached hydrogens (tertiary/aromatic N) is 2. The summed E-state index contributed by atoms with van der Waals surface area (Å²) in [7, 11) is 0. The van der Waals surface area contributed by atoms with Crippen LogP contribution < -0.4 is 0 Å². The van der Waals surface area contributed by atoms with Gasteiger partial charge in [-0.3, -0.25) is 0 Å². The molecule has 1 aliphatic rings. The number of hydrogen-bond acceptors (Lipinski definition) is 4. The van der Waals surface area contributed by atoms with Crippen molar-refractivity contribution in [3.63, 3.8) is 0 Å². The number of hydrogen-bond donors (Lipinski definition) is 1. The summed E-state index contributed by atoms with van der Waals surface area (Å²) < 4.78 is 1.60. The number of aliphatic imine (C=N–C) groups is 1. The van der Waals surface area contributed by atoms with Crippen molar-refractivity contribution >= 4 is 67.7 Å². The van der Waals surface area contributed by atoms with Crippen molar-refractivity contribution in [3.05, 3.63) is 40.8 Å². The summed E-state index contributed by atoms with van der Waals surface area (Å²) in [6.07, 6.45) is 4.95. The van der Waals surface area contributed by atoms with E-state index in [0.29, 0.717) is 11.7 Å². The highest BCUT2D eigenvalue weighted by Gasteiger charge is 2.32. The fourth-order valence-electron chi connectivity index (χ4n) is 3.31. The van der Waals surface area contributed by atoms with Gasteiger partial charge in [0.2, 0.25) is 0 Å². The van der Waals surface area contributed by atoms with Crippen LogP contribution in [0, 0.1) is 29.8 Å². The molecule has 0 spiro atoms. The minimum absolute atomic E-state index is 0.289. The van der Waals surface area contributed by atoms with Crippen molar-refractivity contribution in [3.8, 4) is 11.8 Å². The molecule has 0 amide bonds. The van der Waals surface area contributed by atoms with Crippen LogP contribution in [0.1, 0.15) is 48.8 Å². The van der Waals surface area contributed by atoms with Gasteiger partial charge < -0.3 is 5.11 Å². The van der Waals surface area contributed by atoms with Gasteiger partial charge in [-0.05, 0) is 99.0 Å². The normalized spacial score (nSPS) is 17.3. The van der Waals surface area contributed by atoms with Crippen molar-refractivity contribution in [2.24, 2.45) is 16.3 Å². The van der Waals surface area contributed by atoms with Crippen molar-refractivity contribution < 1.29 is 5.11 Å². The van der Waals surface area contributed by atoms with E-state index in [1.165, 1.54) is 10.4 Å². The first-order valence-electron chi connectivity index (χ1n) is 8.47. The maximum Gasteiger partial charge on any atom is 0.142 e. The third-order valence-electron chi connectivity index (χ3n) is 4.95. The fourth-order valence-corrected chi connectivity index (χ4v) is 6.35. The number of benzene rings is 1. The molecule has 1 N–H and O–H groups in total. The van der Waals surface area contributed by atoms with Gasteiger partial charge in [0, 0.05) is 11.1 Å². The van der Waals surface area contributed by atoms with Crippen molar-refractivity contribution in [1.82, 2.24) is 0 Å². The molecule has 1 aliphatic carbocycles. The number of aromatic hydroxyl groups is 1. The molecule has 0 aliphatic heterocycles. The Bertz CT molecular complexity index is 896. The van der Waals surface area contributed by atoms with Crippen molar-refractivity contribution in [2.45, 2.75) is 40.0 Å². The minimum Gasteiger partial charge on any atom is -0.506 e. The molecule has 2 aromatic rings. The second kappa shape index (κ2) is 7.76. The molecule has 3 nitrogen and oxygen atoms in total. The lowest BCUT2D eigenvalue weighted by atomic mass is 9.72. The monoisotopic (exact) mass is 590 g/mol. The molecule has 3 rings (SSSR count). The average Bonchev–Trinajstić information content (AvgIpc) is 2.93. The highest BCUT2D eigenvalue weighted by molar-refractivity contribution is 14.1. The summed E-state index contributed by atoms with van der Waals surface area (Å²) >= 11 is 5.90. The number of halogens is 2. The van der Waals surface area contributed by atoms with E-state index in [9.17, 15) is 10.4 Å². The quantitative estimate of drug-likeness (QED) is 0.324. The molecule has 0 saturated carbocycles. The Morgan fingerprint density at radius 3 is 2.54 bits per heavy atom. The number of phenolic OH excluding ortho intramolecular Hbond substituents is 1. The molecule has 26 heavy (non-hydrogen) atoms. The van der Waals surface area contributed by atoms with Gasteiger partial charge >= 0.3 is 0 Å². The first-order valence-corrected chi connectivity index (χ1v) is 11.4. The summed E-state index contributed by atoms with van der Waals surface area (Å²) in [5, 5.41) is 20.4. The van der Waals surface area contributed by atoms with E-state index in [0.717, 1.165) is 42.5 Å². The van der Waals surface area contributed by atoms with Crippen LogP contribution in [-0.4, -0.2) is 11.3 Å². The van der Waals surface area contributed by atoms with Gasteiger partial charge in [0.15, 0.2) is 0 Å². The SMILES string of the molecule is CC(C)(C)[C@H]1CCc2c(sc(N=Cc3cc(I)c(O)c(I)c3)c2C#N)C1. The first kappa shape index (κ1) is 20.1. The maximum atomic E-state index is 9.90. The van der Waals surface area contributed by atoms with Gasteiger partial charge in [-0.15, -0.1) is 11.3 Å². The Hall–Kier alpha value is -0.660. The molecule has 0 bridgehead atoms. The van der Waals surface area contributed by atoms with E-state index >= 15 is 0 Å². The Morgan fingerprint density at radius 1 is 1.31 bits per heavy atom. The van der Waals surface area contributed by atoms with E-state index in [2.05, 4.69) is 77.0 Å². The van der Waals surface area contributed by atoms with E-state index in [1.54, 1.807) is 17.6 Å². The van der Waals surface area contributed by atoms with Gasteiger partial charge in [-0.1, -0.05) is 20.8 Å². The van der Waals surface area contributed by atoms with Crippen LogP contribution in [-0.2, 0) is 12.8 Å². The number of nitriles is 1. The molecule has 136 valence electrons. The molecule has 1 heterocycles. The second-order valence-corrected chi connectivity index (χ2v) is 11.1. The fraction of sp³-hybridized carbons (Fsp3) is 0.400. The zero-order valence-electron chi connectivity index (χ0n) is 14.9. The summed E-state index contributed by atoms with van der Waals surface area (Å²) in [6, 6.07) is 6.18. The van der Waals surface area contributed by atoms with Crippen LogP contribution in [0.15, 0.2) is 17.1 Å². The van der Waals surface area contributed by atoms with Crippen molar-refractivity contribution in [2.75, 3.05) is 0 Å². The predicted octanol–water partition coefficient (Wildman–Crippen LogP) is 6.44. The molecule has 0 saturated heterocycles. The van der Waals surface area contributed by atoms with Crippen LogP contribution >= 0.6 is 56.5 Å². The number of phenols is 1. The molecule has 1 atom stereocenters. The van der Waals surface area contributed by atoms with Crippen LogP contribution in [0.2, 0.25) is 0 Å². The molecule has 1 aromatic carbocycles. The second-order valence-electron chi connectivity index (χ2n) is 7.69. The number of thiophene rings is 1. The largest absolute Gasteiger partial charge is 0.506 e. The third-order valence-corrected chi connectivity index (χ3v) is 7.76. The lowest BCUT2D eigenvalue weighted by molar-refractivity contribution is 0.218. The van der Waals surface area contributed by atoms with Gasteiger partial charge in [0.25, 0.3) is 0 Å². The van der Waals surface area contributed by atoms with E-state index in [-0.39, 0.29) is 5.41 Å². The van der Waals surface area contributed by atoms with Crippen LogP contribution in [0.3, 0.4) is 0 Å². The van der Waals surface area contributed by atoms with Crippen LogP contribution in [0.5, 0.6) is 5.75 Å².